The second-order valence-corrected chi connectivity index (χ2v) is 6.80. The molecule has 0 bridgehead atoms. The summed E-state index contributed by atoms with van der Waals surface area (Å²) in [6.07, 6.45) is 12.4. The van der Waals surface area contributed by atoms with Crippen LogP contribution >= 0.6 is 0 Å². The molecule has 5 N–H and O–H groups in total. The van der Waals surface area contributed by atoms with E-state index in [4.69, 9.17) is 5.73 Å². The molecule has 2 unspecified atom stereocenters. The number of aliphatic hydroxyl groups excluding tert-OH is 2. The van der Waals surface area contributed by atoms with E-state index in [0.717, 1.165) is 18.7 Å². The van der Waals surface area contributed by atoms with Crippen LogP contribution in [0, 0.1) is 0 Å². The molecular formula is C19H37N3O2. The van der Waals surface area contributed by atoms with Crippen LogP contribution in [0.1, 0.15) is 101 Å². The average molecular weight is 340 g/mol. The fourth-order valence-electron chi connectivity index (χ4n) is 2.99. The number of nitrogens with one attached hydrogen (secondary N) is 1. The minimum absolute atomic E-state index is 0.145. The van der Waals surface area contributed by atoms with Gasteiger partial charge in [-0.1, -0.05) is 65.2 Å². The van der Waals surface area contributed by atoms with Crippen molar-refractivity contribution in [3.63, 3.8) is 0 Å². The van der Waals surface area contributed by atoms with Crippen molar-refractivity contribution in [3.05, 3.63) is 17.2 Å². The van der Waals surface area contributed by atoms with E-state index in [1.165, 1.54) is 51.4 Å². The Kier molecular flexibility index (Phi) is 11.0. The topological polar surface area (TPSA) is 95.2 Å². The Balaban J connectivity index is 2.29. The van der Waals surface area contributed by atoms with Gasteiger partial charge in [-0.15, -0.1) is 0 Å². The van der Waals surface area contributed by atoms with Gasteiger partial charge in [0, 0.05) is 12.5 Å². The molecule has 2 atom stereocenters. The van der Waals surface area contributed by atoms with Gasteiger partial charge < -0.3 is 20.9 Å². The molecule has 0 aliphatic rings. The van der Waals surface area contributed by atoms with Crippen LogP contribution in [-0.2, 0) is 13.0 Å². The van der Waals surface area contributed by atoms with Crippen molar-refractivity contribution in [2.45, 2.75) is 103 Å². The van der Waals surface area contributed by atoms with E-state index in [0.29, 0.717) is 17.8 Å². The fourth-order valence-corrected chi connectivity index (χ4v) is 2.99. The maximum absolute atomic E-state index is 10.2. The summed E-state index contributed by atoms with van der Waals surface area (Å²) in [6, 6.07) is -0.348. The highest BCUT2D eigenvalue weighted by Gasteiger charge is 2.22. The number of H-pyrrole nitrogens is 1. The number of unbranched alkanes of at least 4 members (excludes halogenated alkanes) is 8. The zero-order valence-corrected chi connectivity index (χ0v) is 15.6. The van der Waals surface area contributed by atoms with Crippen molar-refractivity contribution >= 4 is 0 Å². The molecule has 1 aromatic heterocycles. The quantitative estimate of drug-likeness (QED) is 0.388. The maximum Gasteiger partial charge on any atom is 0.113 e. The summed E-state index contributed by atoms with van der Waals surface area (Å²) >= 11 is 0. The largest absolute Gasteiger partial charge is 0.390 e. The standard InChI is InChI=1S/C19H37N3O2/c1-3-5-6-7-8-9-10-11-12-13-17-21-16(14-23)18(22-17)19(24)15(20)4-2/h15,19,23-24H,3-14,20H2,1-2H3,(H,21,22). The normalized spacial score (nSPS) is 14.0. The lowest BCUT2D eigenvalue weighted by Crippen LogP contribution is -2.28. The minimum atomic E-state index is -0.815. The van der Waals surface area contributed by atoms with Gasteiger partial charge in [0.15, 0.2) is 0 Å². The molecule has 1 heterocycles. The van der Waals surface area contributed by atoms with Gasteiger partial charge in [0.25, 0.3) is 0 Å². The highest BCUT2D eigenvalue weighted by molar-refractivity contribution is 5.18. The summed E-state index contributed by atoms with van der Waals surface area (Å²) in [6.45, 7) is 4.03. The van der Waals surface area contributed by atoms with Crippen LogP contribution in [0.5, 0.6) is 0 Å². The Labute approximate surface area is 147 Å². The lowest BCUT2D eigenvalue weighted by Gasteiger charge is -2.15. The summed E-state index contributed by atoms with van der Waals surface area (Å²) in [7, 11) is 0. The summed E-state index contributed by atoms with van der Waals surface area (Å²) in [5.41, 5.74) is 7.00. The van der Waals surface area contributed by atoms with Crippen molar-refractivity contribution < 1.29 is 10.2 Å². The first-order chi connectivity index (χ1) is 11.6. The van der Waals surface area contributed by atoms with Crippen LogP contribution < -0.4 is 5.73 Å². The first kappa shape index (κ1) is 21.1. The minimum Gasteiger partial charge on any atom is -0.390 e. The Hall–Kier alpha value is -0.910. The third-order valence-corrected chi connectivity index (χ3v) is 4.69. The monoisotopic (exact) mass is 339 g/mol. The van der Waals surface area contributed by atoms with Gasteiger partial charge in [-0.2, -0.15) is 0 Å². The van der Waals surface area contributed by atoms with Crippen LogP contribution in [-0.4, -0.2) is 26.2 Å². The molecule has 5 heteroatoms. The smallest absolute Gasteiger partial charge is 0.113 e. The zero-order chi connectivity index (χ0) is 17.8. The van der Waals surface area contributed by atoms with Gasteiger partial charge in [-0.05, 0) is 12.8 Å². The molecule has 0 aromatic carbocycles. The third-order valence-electron chi connectivity index (χ3n) is 4.69. The molecule has 0 aliphatic carbocycles. The number of nitrogens with two attached hydrogens (primary N) is 1. The van der Waals surface area contributed by atoms with Crippen LogP contribution in [0.2, 0.25) is 0 Å². The Morgan fingerprint density at radius 3 is 2.12 bits per heavy atom. The molecule has 1 aromatic rings. The average Bonchev–Trinajstić information content (AvgIpc) is 3.02. The lowest BCUT2D eigenvalue weighted by atomic mass is 10.1. The molecule has 5 nitrogen and oxygen atoms in total. The van der Waals surface area contributed by atoms with Crippen molar-refractivity contribution in [2.75, 3.05) is 0 Å². The predicted octanol–water partition coefficient (Wildman–Crippen LogP) is 3.75. The summed E-state index contributed by atoms with van der Waals surface area (Å²) in [5.74, 6) is 0.847. The second-order valence-electron chi connectivity index (χ2n) is 6.80. The molecule has 0 saturated carbocycles. The van der Waals surface area contributed by atoms with Crippen LogP contribution in [0.4, 0.5) is 0 Å². The number of imidazole rings is 1. The Morgan fingerprint density at radius 2 is 1.58 bits per heavy atom. The van der Waals surface area contributed by atoms with E-state index in [1.807, 2.05) is 6.92 Å². The van der Waals surface area contributed by atoms with Crippen LogP contribution in [0.15, 0.2) is 0 Å². The highest BCUT2D eigenvalue weighted by atomic mass is 16.3. The fraction of sp³-hybridized carbons (Fsp3) is 0.842. The first-order valence-corrected chi connectivity index (χ1v) is 9.76. The summed E-state index contributed by atoms with van der Waals surface area (Å²) in [5, 5.41) is 19.7. The van der Waals surface area contributed by atoms with Gasteiger partial charge in [-0.3, -0.25) is 0 Å². The molecule has 0 amide bonds. The molecule has 24 heavy (non-hydrogen) atoms. The van der Waals surface area contributed by atoms with Crippen molar-refractivity contribution in [3.8, 4) is 0 Å². The van der Waals surface area contributed by atoms with Gasteiger partial charge in [-0.25, -0.2) is 4.98 Å². The van der Waals surface area contributed by atoms with E-state index < -0.39 is 6.10 Å². The van der Waals surface area contributed by atoms with E-state index in [1.54, 1.807) is 0 Å². The number of nitrogens with zero attached hydrogens (tertiary/aromatic N) is 1. The van der Waals surface area contributed by atoms with Crippen LogP contribution in [0.25, 0.3) is 0 Å². The number of aromatic amines is 1. The number of hydrogen-bond acceptors (Lipinski definition) is 4. The van der Waals surface area contributed by atoms with E-state index >= 15 is 0 Å². The maximum atomic E-state index is 10.2. The molecule has 0 spiro atoms. The number of aromatic nitrogens is 2. The van der Waals surface area contributed by atoms with E-state index in [2.05, 4.69) is 16.9 Å². The van der Waals surface area contributed by atoms with Gasteiger partial charge in [0.2, 0.25) is 0 Å². The lowest BCUT2D eigenvalue weighted by molar-refractivity contribution is 0.136. The zero-order valence-electron chi connectivity index (χ0n) is 15.6. The molecule has 1 rings (SSSR count). The van der Waals surface area contributed by atoms with Gasteiger partial charge in [0.05, 0.1) is 18.0 Å². The third kappa shape index (κ3) is 7.32. The number of rotatable bonds is 14. The predicted molar refractivity (Wildman–Crippen MR) is 98.7 cm³/mol. The molecule has 0 saturated heterocycles. The van der Waals surface area contributed by atoms with Crippen molar-refractivity contribution in [1.29, 1.82) is 0 Å². The number of aliphatic hydroxyl groups is 2. The first-order valence-electron chi connectivity index (χ1n) is 9.76. The van der Waals surface area contributed by atoms with E-state index in [-0.39, 0.29) is 12.6 Å². The highest BCUT2D eigenvalue weighted by Crippen LogP contribution is 2.21. The van der Waals surface area contributed by atoms with Gasteiger partial charge in [0.1, 0.15) is 11.9 Å². The van der Waals surface area contributed by atoms with E-state index in [9.17, 15) is 10.2 Å². The van der Waals surface area contributed by atoms with Gasteiger partial charge >= 0.3 is 0 Å². The molecule has 140 valence electrons. The van der Waals surface area contributed by atoms with Crippen LogP contribution in [0.3, 0.4) is 0 Å². The molecular weight excluding hydrogens is 302 g/mol. The molecule has 0 aliphatic heterocycles. The molecule has 0 radical (unpaired) electrons. The molecule has 0 fully saturated rings. The van der Waals surface area contributed by atoms with Crippen molar-refractivity contribution in [2.24, 2.45) is 5.73 Å². The second kappa shape index (κ2) is 12.5. The Bertz CT molecular complexity index is 434. The SMILES string of the molecule is CCCCCCCCCCCc1nc(C(O)C(N)CC)c(CO)[nH]1. The number of aryl methyl sites for hydroxylation is 1. The summed E-state index contributed by atoms with van der Waals surface area (Å²) < 4.78 is 0. The summed E-state index contributed by atoms with van der Waals surface area (Å²) in [4.78, 5) is 7.61. The van der Waals surface area contributed by atoms with Crippen molar-refractivity contribution in [1.82, 2.24) is 9.97 Å². The number of hydrogen-bond donors (Lipinski definition) is 4. The Morgan fingerprint density at radius 1 is 1.00 bits per heavy atom.